The minimum absolute atomic E-state index is 0.134. The average Bonchev–Trinajstić information content (AvgIpc) is 2.53. The Bertz CT molecular complexity index is 664. The molecule has 0 unspecified atom stereocenters. The molecule has 1 aliphatic rings. The Morgan fingerprint density at radius 3 is 2.32 bits per heavy atom. The third-order valence-corrected chi connectivity index (χ3v) is 4.11. The van der Waals surface area contributed by atoms with E-state index in [0.29, 0.717) is 30.7 Å². The van der Waals surface area contributed by atoms with Gasteiger partial charge in [-0.2, -0.15) is 0 Å². The third-order valence-electron chi connectivity index (χ3n) is 4.11. The number of carbonyl (C=O) groups is 3. The molecule has 1 fully saturated rings. The highest BCUT2D eigenvalue weighted by Gasteiger charge is 2.35. The van der Waals surface area contributed by atoms with Gasteiger partial charge >= 0.3 is 5.97 Å². The summed E-state index contributed by atoms with van der Waals surface area (Å²) in [4.78, 5) is 36.1. The van der Waals surface area contributed by atoms with Crippen LogP contribution in [0.2, 0.25) is 0 Å². The van der Waals surface area contributed by atoms with E-state index in [1.165, 1.54) is 6.20 Å². The van der Waals surface area contributed by atoms with Crippen molar-refractivity contribution in [2.24, 2.45) is 5.41 Å². The number of benzene rings is 1. The molecule has 0 atom stereocenters. The van der Waals surface area contributed by atoms with Crippen LogP contribution in [0.3, 0.4) is 0 Å². The molecule has 0 radical (unpaired) electrons. The summed E-state index contributed by atoms with van der Waals surface area (Å²) < 4.78 is 5.15. The SMILES string of the molecule is CCCCOC(=O)c1ccc(NC=C2C(=O)CC(C)(C)CC2=O)cc1. The second kappa shape index (κ2) is 8.10. The number of carbonyl (C=O) groups excluding carboxylic acids is 3. The number of nitrogens with one attached hydrogen (secondary N) is 1. The Morgan fingerprint density at radius 1 is 1.16 bits per heavy atom. The van der Waals surface area contributed by atoms with Gasteiger partial charge in [-0.3, -0.25) is 9.59 Å². The van der Waals surface area contributed by atoms with E-state index in [1.54, 1.807) is 24.3 Å². The van der Waals surface area contributed by atoms with E-state index in [9.17, 15) is 14.4 Å². The van der Waals surface area contributed by atoms with E-state index in [4.69, 9.17) is 4.74 Å². The van der Waals surface area contributed by atoms with Crippen molar-refractivity contribution in [3.05, 3.63) is 41.6 Å². The Kier molecular flexibility index (Phi) is 6.12. The van der Waals surface area contributed by atoms with Crippen LogP contribution >= 0.6 is 0 Å². The van der Waals surface area contributed by atoms with Crippen LogP contribution in [0.25, 0.3) is 0 Å². The van der Waals surface area contributed by atoms with Gasteiger partial charge in [0.1, 0.15) is 0 Å². The van der Waals surface area contributed by atoms with Crippen LogP contribution in [0, 0.1) is 5.41 Å². The number of rotatable bonds is 6. The van der Waals surface area contributed by atoms with Crippen molar-refractivity contribution in [1.82, 2.24) is 0 Å². The van der Waals surface area contributed by atoms with Crippen LogP contribution in [-0.4, -0.2) is 24.1 Å². The molecule has 0 amide bonds. The highest BCUT2D eigenvalue weighted by Crippen LogP contribution is 2.33. The maximum Gasteiger partial charge on any atom is 0.338 e. The van der Waals surface area contributed by atoms with Gasteiger partial charge in [0, 0.05) is 24.7 Å². The summed E-state index contributed by atoms with van der Waals surface area (Å²) in [6.45, 7) is 6.30. The first-order valence-corrected chi connectivity index (χ1v) is 8.63. The highest BCUT2D eigenvalue weighted by molar-refractivity contribution is 6.22. The molecule has 0 aromatic heterocycles. The maximum atomic E-state index is 12.1. The van der Waals surface area contributed by atoms with Gasteiger partial charge < -0.3 is 10.1 Å². The Balaban J connectivity index is 1.98. The molecule has 0 aliphatic heterocycles. The van der Waals surface area contributed by atoms with E-state index >= 15 is 0 Å². The van der Waals surface area contributed by atoms with E-state index in [-0.39, 0.29) is 28.5 Å². The summed E-state index contributed by atoms with van der Waals surface area (Å²) >= 11 is 0. The summed E-state index contributed by atoms with van der Waals surface area (Å²) in [6.07, 6.45) is 4.02. The average molecular weight is 343 g/mol. The van der Waals surface area contributed by atoms with Crippen molar-refractivity contribution in [1.29, 1.82) is 0 Å². The Hall–Kier alpha value is -2.43. The lowest BCUT2D eigenvalue weighted by atomic mass is 9.74. The second-order valence-electron chi connectivity index (χ2n) is 7.13. The minimum atomic E-state index is -0.349. The Labute approximate surface area is 148 Å². The predicted molar refractivity (Wildman–Crippen MR) is 96.4 cm³/mol. The van der Waals surface area contributed by atoms with Gasteiger partial charge in [0.25, 0.3) is 0 Å². The van der Waals surface area contributed by atoms with Gasteiger partial charge in [0.05, 0.1) is 17.7 Å². The fourth-order valence-corrected chi connectivity index (χ4v) is 2.69. The molecule has 1 N–H and O–H groups in total. The van der Waals surface area contributed by atoms with Crippen LogP contribution in [0.1, 0.15) is 56.8 Å². The lowest BCUT2D eigenvalue weighted by Crippen LogP contribution is -2.31. The fraction of sp³-hybridized carbons (Fsp3) is 0.450. The predicted octanol–water partition coefficient (Wildman–Crippen LogP) is 3.90. The summed E-state index contributed by atoms with van der Waals surface area (Å²) in [7, 11) is 0. The quantitative estimate of drug-likeness (QED) is 0.367. The van der Waals surface area contributed by atoms with Gasteiger partial charge in [0.2, 0.25) is 0 Å². The van der Waals surface area contributed by atoms with Crippen molar-refractivity contribution in [3.63, 3.8) is 0 Å². The number of hydrogen-bond donors (Lipinski definition) is 1. The topological polar surface area (TPSA) is 72.5 Å². The van der Waals surface area contributed by atoms with Crippen LogP contribution in [0.4, 0.5) is 5.69 Å². The smallest absolute Gasteiger partial charge is 0.338 e. The molecule has 1 saturated carbocycles. The first-order chi connectivity index (χ1) is 11.8. The molecule has 0 bridgehead atoms. The number of allylic oxidation sites excluding steroid dienone is 1. The lowest BCUT2D eigenvalue weighted by molar-refractivity contribution is -0.127. The normalized spacial score (nSPS) is 16.5. The van der Waals surface area contributed by atoms with Crippen LogP contribution < -0.4 is 5.32 Å². The number of Topliss-reactive ketones (excluding diaryl/α,β-unsaturated/α-hetero) is 2. The van der Waals surface area contributed by atoms with Gasteiger partial charge in [-0.1, -0.05) is 27.2 Å². The van der Waals surface area contributed by atoms with Gasteiger partial charge in [-0.15, -0.1) is 0 Å². The first kappa shape index (κ1) is 18.9. The first-order valence-electron chi connectivity index (χ1n) is 8.63. The number of ketones is 2. The van der Waals surface area contributed by atoms with Gasteiger partial charge in [0.15, 0.2) is 11.6 Å². The van der Waals surface area contributed by atoms with Crippen molar-refractivity contribution in [2.75, 3.05) is 11.9 Å². The van der Waals surface area contributed by atoms with E-state index in [2.05, 4.69) is 5.32 Å². The molecule has 0 heterocycles. The standard InChI is InChI=1S/C20H25NO4/c1-4-5-10-25-19(24)14-6-8-15(9-7-14)21-13-16-17(22)11-20(2,3)12-18(16)23/h6-9,13,21H,4-5,10-12H2,1-3H3. The fourth-order valence-electron chi connectivity index (χ4n) is 2.69. The molecule has 2 rings (SSSR count). The zero-order valence-electron chi connectivity index (χ0n) is 15.1. The lowest BCUT2D eigenvalue weighted by Gasteiger charge is -2.28. The molecule has 0 saturated heterocycles. The highest BCUT2D eigenvalue weighted by atomic mass is 16.5. The molecule has 0 spiro atoms. The molecular formula is C20H25NO4. The molecule has 25 heavy (non-hydrogen) atoms. The van der Waals surface area contributed by atoms with E-state index in [1.807, 2.05) is 20.8 Å². The zero-order chi connectivity index (χ0) is 18.4. The summed E-state index contributed by atoms with van der Waals surface area (Å²) in [6, 6.07) is 6.75. The third kappa shape index (κ3) is 5.28. The number of hydrogen-bond acceptors (Lipinski definition) is 5. The number of anilines is 1. The molecule has 5 heteroatoms. The summed E-state index contributed by atoms with van der Waals surface area (Å²) in [5, 5.41) is 2.97. The van der Waals surface area contributed by atoms with Crippen molar-refractivity contribution in [3.8, 4) is 0 Å². The maximum absolute atomic E-state index is 12.1. The van der Waals surface area contributed by atoms with E-state index < -0.39 is 0 Å². The molecule has 1 aliphatic carbocycles. The summed E-state index contributed by atoms with van der Waals surface area (Å²) in [5.74, 6) is -0.618. The van der Waals surface area contributed by atoms with Crippen molar-refractivity contribution in [2.45, 2.75) is 46.5 Å². The van der Waals surface area contributed by atoms with Crippen LogP contribution in [0.15, 0.2) is 36.0 Å². The van der Waals surface area contributed by atoms with Gasteiger partial charge in [-0.25, -0.2) is 4.79 Å². The minimum Gasteiger partial charge on any atom is -0.462 e. The van der Waals surface area contributed by atoms with Gasteiger partial charge in [-0.05, 0) is 36.1 Å². The zero-order valence-corrected chi connectivity index (χ0v) is 15.1. The molecule has 1 aromatic rings. The Morgan fingerprint density at radius 2 is 1.76 bits per heavy atom. The molecule has 1 aromatic carbocycles. The summed E-state index contributed by atoms with van der Waals surface area (Å²) in [5.41, 5.74) is 1.11. The molecular weight excluding hydrogens is 318 g/mol. The van der Waals surface area contributed by atoms with E-state index in [0.717, 1.165) is 12.8 Å². The monoisotopic (exact) mass is 343 g/mol. The van der Waals surface area contributed by atoms with Crippen molar-refractivity contribution >= 4 is 23.2 Å². The number of ether oxygens (including phenoxy) is 1. The molecule has 5 nitrogen and oxygen atoms in total. The van der Waals surface area contributed by atoms with Crippen molar-refractivity contribution < 1.29 is 19.1 Å². The van der Waals surface area contributed by atoms with Crippen LogP contribution in [0.5, 0.6) is 0 Å². The largest absolute Gasteiger partial charge is 0.462 e. The molecule has 134 valence electrons. The number of esters is 1. The van der Waals surface area contributed by atoms with Crippen LogP contribution in [-0.2, 0) is 14.3 Å². The second-order valence-corrected chi connectivity index (χ2v) is 7.13. The number of unbranched alkanes of at least 4 members (excludes halogenated alkanes) is 1.